The number of piperazine rings is 1. The predicted octanol–water partition coefficient (Wildman–Crippen LogP) is 1.80. The van der Waals surface area contributed by atoms with E-state index in [9.17, 15) is 0 Å². The van der Waals surface area contributed by atoms with Gasteiger partial charge in [-0.3, -0.25) is 0 Å². The molecule has 2 aliphatic carbocycles. The zero-order valence-electron chi connectivity index (χ0n) is 8.97. The van der Waals surface area contributed by atoms with E-state index in [-0.39, 0.29) is 0 Å². The zero-order valence-corrected chi connectivity index (χ0v) is 8.97. The van der Waals surface area contributed by atoms with Gasteiger partial charge in [-0.15, -0.1) is 0 Å². The van der Waals surface area contributed by atoms with Crippen molar-refractivity contribution in [3.05, 3.63) is 0 Å². The van der Waals surface area contributed by atoms with Crippen molar-refractivity contribution in [1.29, 1.82) is 0 Å². The molecule has 2 N–H and O–H groups in total. The van der Waals surface area contributed by atoms with Gasteiger partial charge in [0.05, 0.1) is 0 Å². The van der Waals surface area contributed by atoms with Crippen LogP contribution in [0.4, 0.5) is 0 Å². The van der Waals surface area contributed by atoms with E-state index in [1.54, 1.807) is 0 Å². The lowest BCUT2D eigenvalue weighted by atomic mass is 9.81. The molecule has 0 aromatic carbocycles. The van der Waals surface area contributed by atoms with Crippen molar-refractivity contribution in [3.8, 4) is 0 Å². The van der Waals surface area contributed by atoms with E-state index >= 15 is 0 Å². The molecule has 0 aromatic heterocycles. The van der Waals surface area contributed by atoms with Crippen LogP contribution in [0.3, 0.4) is 0 Å². The van der Waals surface area contributed by atoms with Crippen LogP contribution in [-0.4, -0.2) is 24.2 Å². The van der Waals surface area contributed by atoms with Crippen LogP contribution >= 0.6 is 0 Å². The van der Waals surface area contributed by atoms with Gasteiger partial charge in [0.25, 0.3) is 0 Å². The van der Waals surface area contributed by atoms with Crippen LogP contribution in [-0.2, 0) is 0 Å². The summed E-state index contributed by atoms with van der Waals surface area (Å²) < 4.78 is 0. The Labute approximate surface area is 86.8 Å². The average molecular weight is 194 g/mol. The zero-order chi connectivity index (χ0) is 9.38. The van der Waals surface area contributed by atoms with Gasteiger partial charge in [0.2, 0.25) is 0 Å². The Kier molecular flexibility index (Phi) is 2.50. The summed E-state index contributed by atoms with van der Waals surface area (Å²) in [5.74, 6) is 0. The smallest absolute Gasteiger partial charge is 0.0224 e. The minimum atomic E-state index is 0.795. The van der Waals surface area contributed by atoms with Gasteiger partial charge >= 0.3 is 0 Å². The number of rotatable bonds is 0. The Bertz CT molecular complexity index is 162. The largest absolute Gasteiger partial charge is 0.308 e. The van der Waals surface area contributed by atoms with E-state index in [0.717, 1.165) is 24.2 Å². The van der Waals surface area contributed by atoms with Crippen molar-refractivity contribution in [1.82, 2.24) is 10.6 Å². The third kappa shape index (κ3) is 1.59. The fourth-order valence-corrected chi connectivity index (χ4v) is 3.61. The molecule has 1 aliphatic heterocycles. The van der Waals surface area contributed by atoms with Crippen LogP contribution in [0, 0.1) is 0 Å². The van der Waals surface area contributed by atoms with Crippen LogP contribution in [0.15, 0.2) is 0 Å². The molecule has 0 bridgehead atoms. The Morgan fingerprint density at radius 3 is 1.07 bits per heavy atom. The monoisotopic (exact) mass is 194 g/mol. The van der Waals surface area contributed by atoms with E-state index in [4.69, 9.17) is 0 Å². The van der Waals surface area contributed by atoms with Crippen molar-refractivity contribution < 1.29 is 0 Å². The van der Waals surface area contributed by atoms with E-state index in [1.807, 2.05) is 0 Å². The molecule has 14 heavy (non-hydrogen) atoms. The molecule has 3 fully saturated rings. The Morgan fingerprint density at radius 1 is 0.500 bits per heavy atom. The summed E-state index contributed by atoms with van der Waals surface area (Å²) in [5, 5.41) is 7.79. The van der Waals surface area contributed by atoms with Crippen molar-refractivity contribution >= 4 is 0 Å². The second-order valence-electron chi connectivity index (χ2n) is 5.33. The molecule has 0 spiro atoms. The standard InChI is InChI=1S/C12H22N2/c1-2-6-10-9(5-1)13-11-7-3-4-8-12(11)14-10/h9-14H,1-8H2/t9-,10-,11-,12+/m1/s1. The summed E-state index contributed by atoms with van der Waals surface area (Å²) in [7, 11) is 0. The highest BCUT2D eigenvalue weighted by Crippen LogP contribution is 2.28. The maximum Gasteiger partial charge on any atom is 0.0224 e. The summed E-state index contributed by atoms with van der Waals surface area (Å²) in [6.07, 6.45) is 11.4. The molecule has 3 rings (SSSR count). The van der Waals surface area contributed by atoms with Gasteiger partial charge < -0.3 is 10.6 Å². The molecule has 1 saturated heterocycles. The summed E-state index contributed by atoms with van der Waals surface area (Å²) in [5.41, 5.74) is 0. The first-order valence-electron chi connectivity index (χ1n) is 6.45. The minimum absolute atomic E-state index is 0.795. The van der Waals surface area contributed by atoms with Crippen molar-refractivity contribution in [3.63, 3.8) is 0 Å². The van der Waals surface area contributed by atoms with Gasteiger partial charge in [0.1, 0.15) is 0 Å². The summed E-state index contributed by atoms with van der Waals surface area (Å²) in [6.45, 7) is 0. The summed E-state index contributed by atoms with van der Waals surface area (Å²) in [4.78, 5) is 0. The molecule has 80 valence electrons. The Balaban J connectivity index is 1.68. The lowest BCUT2D eigenvalue weighted by molar-refractivity contribution is 0.138. The Morgan fingerprint density at radius 2 is 0.786 bits per heavy atom. The molecule has 2 nitrogen and oxygen atoms in total. The van der Waals surface area contributed by atoms with Gasteiger partial charge in [-0.2, -0.15) is 0 Å². The van der Waals surface area contributed by atoms with Crippen LogP contribution in [0.1, 0.15) is 51.4 Å². The molecule has 0 amide bonds. The first-order valence-corrected chi connectivity index (χ1v) is 6.45. The highest BCUT2D eigenvalue weighted by molar-refractivity contribution is 5.00. The van der Waals surface area contributed by atoms with Crippen molar-refractivity contribution in [2.75, 3.05) is 0 Å². The molecule has 2 saturated carbocycles. The minimum Gasteiger partial charge on any atom is -0.308 e. The fraction of sp³-hybridized carbons (Fsp3) is 1.00. The van der Waals surface area contributed by atoms with Crippen molar-refractivity contribution in [2.45, 2.75) is 75.5 Å². The van der Waals surface area contributed by atoms with Crippen molar-refractivity contribution in [2.24, 2.45) is 0 Å². The van der Waals surface area contributed by atoms with Crippen LogP contribution < -0.4 is 10.6 Å². The van der Waals surface area contributed by atoms with E-state index in [0.29, 0.717) is 0 Å². The van der Waals surface area contributed by atoms with Gasteiger partial charge in [-0.1, -0.05) is 25.7 Å². The van der Waals surface area contributed by atoms with Crippen LogP contribution in [0.25, 0.3) is 0 Å². The van der Waals surface area contributed by atoms with Gasteiger partial charge in [-0.25, -0.2) is 0 Å². The lowest BCUT2D eigenvalue weighted by Crippen LogP contribution is -2.67. The first-order chi connectivity index (χ1) is 6.93. The number of hydrogen-bond acceptors (Lipinski definition) is 2. The number of hydrogen-bond donors (Lipinski definition) is 2. The fourth-order valence-electron chi connectivity index (χ4n) is 3.61. The predicted molar refractivity (Wildman–Crippen MR) is 58.4 cm³/mol. The average Bonchev–Trinajstić information content (AvgIpc) is 2.26. The highest BCUT2D eigenvalue weighted by Gasteiger charge is 2.37. The molecular weight excluding hydrogens is 172 g/mol. The second kappa shape index (κ2) is 3.82. The molecule has 0 aromatic rings. The summed E-state index contributed by atoms with van der Waals surface area (Å²) in [6, 6.07) is 3.18. The highest BCUT2D eigenvalue weighted by atomic mass is 15.2. The molecule has 1 heterocycles. The maximum absolute atomic E-state index is 3.89. The third-order valence-electron chi connectivity index (χ3n) is 4.39. The normalized spacial score (nSPS) is 48.0. The molecule has 2 heteroatoms. The molecule has 4 atom stereocenters. The maximum atomic E-state index is 3.89. The molecule has 3 aliphatic rings. The third-order valence-corrected chi connectivity index (χ3v) is 4.39. The number of fused-ring (bicyclic) bond motifs is 2. The van der Waals surface area contributed by atoms with E-state index < -0.39 is 0 Å². The topological polar surface area (TPSA) is 24.1 Å². The quantitative estimate of drug-likeness (QED) is 0.614. The molecule has 0 unspecified atom stereocenters. The summed E-state index contributed by atoms with van der Waals surface area (Å²) >= 11 is 0. The van der Waals surface area contributed by atoms with E-state index in [2.05, 4.69) is 10.6 Å². The van der Waals surface area contributed by atoms with Gasteiger partial charge in [-0.05, 0) is 25.7 Å². The first kappa shape index (κ1) is 9.17. The van der Waals surface area contributed by atoms with Crippen LogP contribution in [0.5, 0.6) is 0 Å². The Hall–Kier alpha value is -0.0800. The van der Waals surface area contributed by atoms with E-state index in [1.165, 1.54) is 51.4 Å². The lowest BCUT2D eigenvalue weighted by Gasteiger charge is -2.47. The van der Waals surface area contributed by atoms with Gasteiger partial charge in [0.15, 0.2) is 0 Å². The molecule has 0 radical (unpaired) electrons. The van der Waals surface area contributed by atoms with Crippen LogP contribution in [0.2, 0.25) is 0 Å². The second-order valence-corrected chi connectivity index (χ2v) is 5.33. The SMILES string of the molecule is C1CC[C@H]2N[C@@H]3CCCC[C@H]3N[C@H]2C1. The van der Waals surface area contributed by atoms with Gasteiger partial charge in [0, 0.05) is 24.2 Å². The number of nitrogens with one attached hydrogen (secondary N) is 2. The molecular formula is C12H22N2.